The molecular weight excluding hydrogens is 937 g/mol. The first-order valence-corrected chi connectivity index (χ1v) is 28.8. The number of rotatable bonds is 13. The molecule has 6 aromatic rings. The predicted molar refractivity (Wildman–Crippen MR) is 318 cm³/mol. The van der Waals surface area contributed by atoms with Gasteiger partial charge in [-0.05, 0) is 179 Å². The van der Waals surface area contributed by atoms with Crippen LogP contribution in [0, 0.1) is 55.4 Å². The fourth-order valence-electron chi connectivity index (χ4n) is 12.8. The fraction of sp³-hybridized carbons (Fsp3) is 0.486. The van der Waals surface area contributed by atoms with Crippen molar-refractivity contribution in [3.05, 3.63) is 173 Å². The molecule has 1 atom stereocenters. The maximum atomic E-state index is 11.3. The van der Waals surface area contributed by atoms with Gasteiger partial charge in [-0.1, -0.05) is 182 Å². The number of phenols is 6. The molecule has 0 aliphatic heterocycles. The van der Waals surface area contributed by atoms with E-state index in [9.17, 15) is 30.6 Å². The Morgan fingerprint density at radius 3 is 1.21 bits per heavy atom. The zero-order chi connectivity index (χ0) is 55.8. The number of phenolic OH excluding ortho intramolecular Hbond substituents is 6. The molecule has 0 aromatic heterocycles. The topological polar surface area (TPSA) is 121 Å². The Labute approximate surface area is 458 Å². The molecule has 0 heterocycles. The van der Waals surface area contributed by atoms with Crippen LogP contribution in [-0.2, 0) is 36.5 Å². The summed E-state index contributed by atoms with van der Waals surface area (Å²) in [7, 11) is 0. The summed E-state index contributed by atoms with van der Waals surface area (Å²) in [6.07, 6.45) is 17.2. The maximum Gasteiger partial charge on any atom is 0.122 e. The van der Waals surface area contributed by atoms with Gasteiger partial charge < -0.3 is 30.6 Å². The Hall–Kier alpha value is -5.88. The average Bonchev–Trinajstić information content (AvgIpc) is 3.37. The molecule has 0 saturated heterocycles. The van der Waals surface area contributed by atoms with Crippen LogP contribution in [0.5, 0.6) is 34.5 Å². The minimum Gasteiger partial charge on any atom is -0.507 e. The molecule has 0 bridgehead atoms. The van der Waals surface area contributed by atoms with E-state index in [1.165, 1.54) is 60.8 Å². The van der Waals surface area contributed by atoms with Gasteiger partial charge in [-0.2, -0.15) is 0 Å². The van der Waals surface area contributed by atoms with Crippen molar-refractivity contribution in [2.75, 3.05) is 0 Å². The molecule has 6 nitrogen and oxygen atoms in total. The quantitative estimate of drug-likeness (QED) is 0.0685. The SMILES string of the molecule is CCCC(c1cc(C)cc(C)c1O)c1cc(C)cc(C)c1O.CCc1cc(C)c(O)c(CC(C)c2cc(CC)cc(C)c2O)c1.Cc1cc(Cc2cc(C)cc(C3(C)CCCCC3)c2O)c(O)c(C2(C)CCCCC2)c1. The van der Waals surface area contributed by atoms with E-state index < -0.39 is 0 Å². The highest BCUT2D eigenvalue weighted by Gasteiger charge is 2.34. The zero-order valence-electron chi connectivity index (χ0n) is 49.1. The first-order chi connectivity index (χ1) is 35.9. The monoisotopic (exact) mass is 1030 g/mol. The fourth-order valence-corrected chi connectivity index (χ4v) is 12.8. The number of hydrogen-bond donors (Lipinski definition) is 6. The van der Waals surface area contributed by atoms with Gasteiger partial charge in [0.25, 0.3) is 0 Å². The summed E-state index contributed by atoms with van der Waals surface area (Å²) in [6, 6.07) is 24.9. The Bertz CT molecular complexity index is 2830. The first kappa shape index (κ1) is 59.4. The van der Waals surface area contributed by atoms with Gasteiger partial charge in [0.2, 0.25) is 0 Å². The van der Waals surface area contributed by atoms with Crippen LogP contribution in [0.4, 0.5) is 0 Å². The molecule has 410 valence electrons. The van der Waals surface area contributed by atoms with E-state index in [1.807, 2.05) is 77.9 Å². The van der Waals surface area contributed by atoms with Gasteiger partial charge in [-0.3, -0.25) is 0 Å². The van der Waals surface area contributed by atoms with Crippen molar-refractivity contribution < 1.29 is 30.6 Å². The van der Waals surface area contributed by atoms with E-state index >= 15 is 0 Å². The molecule has 2 aliphatic carbocycles. The Balaban J connectivity index is 0.000000189. The summed E-state index contributed by atoms with van der Waals surface area (Å²) in [6.45, 7) is 29.2. The van der Waals surface area contributed by atoms with Crippen LogP contribution in [0.2, 0.25) is 0 Å². The van der Waals surface area contributed by atoms with Crippen LogP contribution in [0.3, 0.4) is 0 Å². The van der Waals surface area contributed by atoms with Crippen LogP contribution in [0.1, 0.15) is 231 Å². The lowest BCUT2D eigenvalue weighted by molar-refractivity contribution is 0.306. The molecule has 6 N–H and O–H groups in total. The highest BCUT2D eigenvalue weighted by atomic mass is 16.3. The Morgan fingerprint density at radius 2 is 0.789 bits per heavy atom. The first-order valence-electron chi connectivity index (χ1n) is 28.8. The van der Waals surface area contributed by atoms with Gasteiger partial charge in [0.05, 0.1) is 0 Å². The van der Waals surface area contributed by atoms with Gasteiger partial charge in [-0.25, -0.2) is 0 Å². The Kier molecular flexibility index (Phi) is 19.9. The molecule has 2 fully saturated rings. The molecule has 0 radical (unpaired) electrons. The second kappa shape index (κ2) is 25.5. The number of benzene rings is 6. The molecule has 76 heavy (non-hydrogen) atoms. The van der Waals surface area contributed by atoms with Gasteiger partial charge in [0.1, 0.15) is 34.5 Å². The van der Waals surface area contributed by atoms with E-state index in [1.54, 1.807) is 0 Å². The lowest BCUT2D eigenvalue weighted by Crippen LogP contribution is -2.26. The van der Waals surface area contributed by atoms with Crippen LogP contribution in [0.25, 0.3) is 0 Å². The summed E-state index contributed by atoms with van der Waals surface area (Å²) in [5.74, 6) is 2.53. The molecule has 0 amide bonds. The third-order valence-corrected chi connectivity index (χ3v) is 17.2. The van der Waals surface area contributed by atoms with E-state index in [4.69, 9.17) is 0 Å². The molecule has 0 spiro atoms. The Morgan fingerprint density at radius 1 is 0.408 bits per heavy atom. The van der Waals surface area contributed by atoms with Gasteiger partial charge >= 0.3 is 0 Å². The second-order valence-electron chi connectivity index (χ2n) is 24.0. The van der Waals surface area contributed by atoms with Crippen molar-refractivity contribution in [3.63, 3.8) is 0 Å². The standard InChI is InChI=1S/C29H40O2.C21H28O2.C20H26O2/c1-20-15-22(26(30)24(17-20)28(3)11-7-5-8-12-28)19-23-16-21(2)18-25(27(23)31)29(4)13-9-6-10-14-29;1-6-16-8-14(4)20(22)18(11-16)10-13(3)19-12-17(7-2)9-15(5)21(19)23;1-6-7-16(17-10-12(2)8-14(4)19(17)21)18-11-13(3)9-15(5)20(18)22/h15-18,30-31H,5-14,19H2,1-4H3;8-9,11-13,22-23H,6-7,10H2,1-5H3;8-11,16,21-22H,6-7H2,1-5H3. The van der Waals surface area contributed by atoms with E-state index in [2.05, 4.69) is 91.8 Å². The molecule has 1 unspecified atom stereocenters. The van der Waals surface area contributed by atoms with Crippen LogP contribution >= 0.6 is 0 Å². The van der Waals surface area contributed by atoms with Crippen molar-refractivity contribution in [1.82, 2.24) is 0 Å². The molecule has 6 aromatic carbocycles. The van der Waals surface area contributed by atoms with Crippen molar-refractivity contribution in [2.45, 2.75) is 222 Å². The minimum atomic E-state index is 0.0159. The highest BCUT2D eigenvalue weighted by molar-refractivity contribution is 5.56. The van der Waals surface area contributed by atoms with Crippen LogP contribution < -0.4 is 0 Å². The van der Waals surface area contributed by atoms with Crippen molar-refractivity contribution in [3.8, 4) is 34.5 Å². The van der Waals surface area contributed by atoms with Crippen molar-refractivity contribution >= 4 is 0 Å². The highest BCUT2D eigenvalue weighted by Crippen LogP contribution is 2.48. The molecule has 6 heteroatoms. The van der Waals surface area contributed by atoms with Crippen LogP contribution in [0.15, 0.2) is 72.8 Å². The number of aromatic hydroxyl groups is 6. The maximum absolute atomic E-state index is 11.3. The lowest BCUT2D eigenvalue weighted by atomic mass is 9.69. The third-order valence-electron chi connectivity index (χ3n) is 17.2. The predicted octanol–water partition coefficient (Wildman–Crippen LogP) is 18.2. The molecule has 8 rings (SSSR count). The van der Waals surface area contributed by atoms with Gasteiger partial charge in [-0.15, -0.1) is 0 Å². The zero-order valence-corrected chi connectivity index (χ0v) is 49.1. The third kappa shape index (κ3) is 13.8. The average molecular weight is 1030 g/mol. The summed E-state index contributed by atoms with van der Waals surface area (Å²) in [5, 5.41) is 64.5. The molecule has 2 saturated carbocycles. The van der Waals surface area contributed by atoms with E-state index in [0.29, 0.717) is 40.9 Å². The number of aryl methyl sites for hydroxylation is 10. The summed E-state index contributed by atoms with van der Waals surface area (Å²) in [5.41, 5.74) is 18.8. The van der Waals surface area contributed by atoms with E-state index in [-0.39, 0.29) is 22.7 Å². The van der Waals surface area contributed by atoms with Gasteiger partial charge in [0, 0.05) is 34.6 Å². The largest absolute Gasteiger partial charge is 0.507 e. The number of hydrogen-bond acceptors (Lipinski definition) is 6. The summed E-state index contributed by atoms with van der Waals surface area (Å²) < 4.78 is 0. The van der Waals surface area contributed by atoms with Crippen molar-refractivity contribution in [2.24, 2.45) is 0 Å². The van der Waals surface area contributed by atoms with Crippen molar-refractivity contribution in [1.29, 1.82) is 0 Å². The second-order valence-corrected chi connectivity index (χ2v) is 24.0. The molecular formula is C70H94O6. The normalized spacial score (nSPS) is 15.4. The smallest absolute Gasteiger partial charge is 0.122 e. The van der Waals surface area contributed by atoms with E-state index in [0.717, 1.165) is 136 Å². The lowest BCUT2D eigenvalue weighted by Gasteiger charge is -2.36. The van der Waals surface area contributed by atoms with Gasteiger partial charge in [0.15, 0.2) is 0 Å². The summed E-state index contributed by atoms with van der Waals surface area (Å²) in [4.78, 5) is 0. The van der Waals surface area contributed by atoms with Crippen LogP contribution in [-0.4, -0.2) is 30.6 Å². The molecule has 2 aliphatic rings. The summed E-state index contributed by atoms with van der Waals surface area (Å²) >= 11 is 0. The minimum absolute atomic E-state index is 0.0159.